The van der Waals surface area contributed by atoms with Gasteiger partial charge in [0.25, 0.3) is 5.69 Å². The molecule has 0 fully saturated rings. The van der Waals surface area contributed by atoms with Gasteiger partial charge in [-0.3, -0.25) is 10.1 Å². The van der Waals surface area contributed by atoms with Crippen molar-refractivity contribution >= 4 is 23.6 Å². The normalized spacial score (nSPS) is 14.9. The molecular weight excluding hydrogens is 336 g/mol. The van der Waals surface area contributed by atoms with Crippen molar-refractivity contribution < 1.29 is 19.2 Å². The minimum atomic E-state index is -0.614. The number of esters is 1. The highest BCUT2D eigenvalue weighted by molar-refractivity contribution is 6.13. The molecule has 0 spiro atoms. The minimum Gasteiger partial charge on any atom is -0.493 e. The summed E-state index contributed by atoms with van der Waals surface area (Å²) in [5.41, 5.74) is 1.55. The summed E-state index contributed by atoms with van der Waals surface area (Å²) in [5, 5.41) is 11.1. The second kappa shape index (κ2) is 7.18. The van der Waals surface area contributed by atoms with Gasteiger partial charge in [-0.2, -0.15) is 0 Å². The number of cyclic esters (lactones) is 1. The van der Waals surface area contributed by atoms with Gasteiger partial charge in [-0.15, -0.1) is 0 Å². The third-order valence-corrected chi connectivity index (χ3v) is 3.86. The van der Waals surface area contributed by atoms with Crippen molar-refractivity contribution in [3.05, 3.63) is 75.0 Å². The van der Waals surface area contributed by atoms with Crippen molar-refractivity contribution in [2.75, 3.05) is 6.61 Å². The van der Waals surface area contributed by atoms with Crippen LogP contribution >= 0.6 is 0 Å². The highest BCUT2D eigenvalue weighted by atomic mass is 16.6. The van der Waals surface area contributed by atoms with E-state index in [1.165, 1.54) is 12.1 Å². The molecule has 3 rings (SSSR count). The van der Waals surface area contributed by atoms with E-state index in [2.05, 4.69) is 4.99 Å². The summed E-state index contributed by atoms with van der Waals surface area (Å²) in [7, 11) is 0. The summed E-state index contributed by atoms with van der Waals surface area (Å²) in [5.74, 6) is 0.0685. The van der Waals surface area contributed by atoms with Gasteiger partial charge in [0.1, 0.15) is 5.75 Å². The van der Waals surface area contributed by atoms with Gasteiger partial charge in [0.05, 0.1) is 11.5 Å². The van der Waals surface area contributed by atoms with Crippen molar-refractivity contribution in [3.63, 3.8) is 0 Å². The maximum absolute atomic E-state index is 12.2. The number of benzene rings is 2. The summed E-state index contributed by atoms with van der Waals surface area (Å²) < 4.78 is 10.8. The lowest BCUT2D eigenvalue weighted by Gasteiger charge is -2.06. The molecule has 0 unspecified atom stereocenters. The largest absolute Gasteiger partial charge is 0.493 e. The maximum Gasteiger partial charge on any atom is 0.363 e. The van der Waals surface area contributed by atoms with E-state index in [1.54, 1.807) is 31.2 Å². The molecule has 1 aliphatic heterocycles. The molecule has 0 radical (unpaired) electrons. The Balaban J connectivity index is 2.01. The lowest BCUT2D eigenvalue weighted by atomic mass is 10.1. The number of ether oxygens (including phenoxy) is 2. The number of para-hydroxylation sites is 1. The van der Waals surface area contributed by atoms with Crippen LogP contribution in [0.2, 0.25) is 0 Å². The zero-order valence-corrected chi connectivity index (χ0v) is 14.3. The average molecular weight is 352 g/mol. The first-order chi connectivity index (χ1) is 12.5. The smallest absolute Gasteiger partial charge is 0.363 e. The van der Waals surface area contributed by atoms with E-state index in [-0.39, 0.29) is 17.3 Å². The molecule has 0 atom stereocenters. The zero-order valence-electron chi connectivity index (χ0n) is 14.3. The van der Waals surface area contributed by atoms with Gasteiger partial charge in [0.15, 0.2) is 5.70 Å². The van der Waals surface area contributed by atoms with Crippen LogP contribution in [-0.2, 0) is 9.53 Å². The number of aliphatic imine (C=N–C) groups is 1. The van der Waals surface area contributed by atoms with Crippen molar-refractivity contribution in [2.24, 2.45) is 4.99 Å². The lowest BCUT2D eigenvalue weighted by Crippen LogP contribution is -2.08. The molecule has 26 heavy (non-hydrogen) atoms. The van der Waals surface area contributed by atoms with Gasteiger partial charge in [-0.1, -0.05) is 24.3 Å². The molecule has 2 aromatic carbocycles. The molecular formula is C19H16N2O5. The predicted molar refractivity (Wildman–Crippen MR) is 96.1 cm³/mol. The van der Waals surface area contributed by atoms with Crippen LogP contribution in [-0.4, -0.2) is 23.4 Å². The first kappa shape index (κ1) is 17.3. The first-order valence-electron chi connectivity index (χ1n) is 8.00. The second-order valence-corrected chi connectivity index (χ2v) is 5.51. The van der Waals surface area contributed by atoms with Crippen LogP contribution in [0, 0.1) is 17.0 Å². The van der Waals surface area contributed by atoms with Crippen LogP contribution < -0.4 is 4.74 Å². The van der Waals surface area contributed by atoms with E-state index < -0.39 is 10.9 Å². The Morgan fingerprint density at radius 1 is 1.23 bits per heavy atom. The fourth-order valence-electron chi connectivity index (χ4n) is 2.61. The summed E-state index contributed by atoms with van der Waals surface area (Å²) in [6.07, 6.45) is 1.58. The van der Waals surface area contributed by atoms with Gasteiger partial charge in [0, 0.05) is 22.8 Å². The Hall–Kier alpha value is -3.48. The fourth-order valence-corrected chi connectivity index (χ4v) is 2.61. The Morgan fingerprint density at radius 2 is 2.00 bits per heavy atom. The molecule has 0 aliphatic carbocycles. The number of nitro groups is 1. The lowest BCUT2D eigenvalue weighted by molar-refractivity contribution is -0.385. The molecule has 0 aromatic heterocycles. The van der Waals surface area contributed by atoms with E-state index in [0.717, 1.165) is 0 Å². The fraction of sp³-hybridized carbons (Fsp3) is 0.158. The maximum atomic E-state index is 12.2. The van der Waals surface area contributed by atoms with Crippen molar-refractivity contribution in [1.82, 2.24) is 0 Å². The second-order valence-electron chi connectivity index (χ2n) is 5.51. The minimum absolute atomic E-state index is 0.0522. The zero-order chi connectivity index (χ0) is 18.7. The van der Waals surface area contributed by atoms with Crippen LogP contribution in [0.25, 0.3) is 6.08 Å². The van der Waals surface area contributed by atoms with Gasteiger partial charge in [-0.05, 0) is 32.1 Å². The number of carbonyl (C=O) groups excluding carboxylic acids is 1. The van der Waals surface area contributed by atoms with Crippen LogP contribution in [0.5, 0.6) is 5.75 Å². The van der Waals surface area contributed by atoms with Gasteiger partial charge >= 0.3 is 5.97 Å². The van der Waals surface area contributed by atoms with Gasteiger partial charge in [-0.25, -0.2) is 9.79 Å². The summed E-state index contributed by atoms with van der Waals surface area (Å²) in [6.45, 7) is 3.96. The molecule has 7 heteroatoms. The van der Waals surface area contributed by atoms with Crippen LogP contribution in [0.4, 0.5) is 5.69 Å². The Morgan fingerprint density at radius 3 is 2.73 bits per heavy atom. The molecule has 132 valence electrons. The van der Waals surface area contributed by atoms with Crippen LogP contribution in [0.15, 0.2) is 53.2 Å². The summed E-state index contributed by atoms with van der Waals surface area (Å²) >= 11 is 0. The summed E-state index contributed by atoms with van der Waals surface area (Å²) in [6, 6.07) is 11.8. The first-order valence-corrected chi connectivity index (χ1v) is 8.00. The van der Waals surface area contributed by atoms with Gasteiger partial charge < -0.3 is 9.47 Å². The number of rotatable bonds is 5. The van der Waals surface area contributed by atoms with E-state index >= 15 is 0 Å². The van der Waals surface area contributed by atoms with Crippen LogP contribution in [0.3, 0.4) is 0 Å². The van der Waals surface area contributed by atoms with Crippen LogP contribution in [0.1, 0.15) is 23.6 Å². The molecule has 0 bridgehead atoms. The average Bonchev–Trinajstić information content (AvgIpc) is 2.97. The molecule has 2 aromatic rings. The topological polar surface area (TPSA) is 91.0 Å². The molecule has 0 saturated carbocycles. The van der Waals surface area contributed by atoms with Crippen molar-refractivity contribution in [3.8, 4) is 5.75 Å². The Labute approximate surface area is 149 Å². The van der Waals surface area contributed by atoms with Crippen molar-refractivity contribution in [1.29, 1.82) is 0 Å². The Kier molecular flexibility index (Phi) is 4.79. The quantitative estimate of drug-likeness (QED) is 0.354. The summed E-state index contributed by atoms with van der Waals surface area (Å²) in [4.78, 5) is 27.0. The molecule has 1 heterocycles. The van der Waals surface area contributed by atoms with E-state index in [1.807, 2.05) is 19.1 Å². The van der Waals surface area contributed by atoms with Gasteiger partial charge in [0.2, 0.25) is 5.90 Å². The highest BCUT2D eigenvalue weighted by Crippen LogP contribution is 2.27. The monoisotopic (exact) mass is 352 g/mol. The Bertz CT molecular complexity index is 947. The third-order valence-electron chi connectivity index (χ3n) is 3.86. The molecule has 1 aliphatic rings. The van der Waals surface area contributed by atoms with E-state index in [4.69, 9.17) is 9.47 Å². The SMILES string of the molecule is CCOc1ccccc1/C=C1\N=C(c2cccc([N+](=O)[O-])c2C)OC1=O. The molecule has 0 N–H and O–H groups in total. The molecule has 0 amide bonds. The van der Waals surface area contributed by atoms with E-state index in [9.17, 15) is 14.9 Å². The number of carbonyl (C=O) groups is 1. The van der Waals surface area contributed by atoms with Crippen molar-refractivity contribution in [2.45, 2.75) is 13.8 Å². The van der Waals surface area contributed by atoms with E-state index in [0.29, 0.717) is 29.0 Å². The number of hydrogen-bond donors (Lipinski definition) is 0. The number of nitrogens with zero attached hydrogens (tertiary/aromatic N) is 2. The molecule has 0 saturated heterocycles. The predicted octanol–water partition coefficient (Wildman–Crippen LogP) is 3.65. The third kappa shape index (κ3) is 3.32. The highest BCUT2D eigenvalue weighted by Gasteiger charge is 2.27. The standard InChI is InChI=1S/C19H16N2O5/c1-3-25-17-10-5-4-7-13(17)11-15-19(22)26-18(20-15)14-8-6-9-16(12(14)2)21(23)24/h4-11H,3H2,1-2H3/b15-11-. The number of hydrogen-bond acceptors (Lipinski definition) is 6. The molecule has 7 nitrogen and oxygen atoms in total. The number of nitro benzene ring substituents is 1.